The topological polar surface area (TPSA) is 59.3 Å². The summed E-state index contributed by atoms with van der Waals surface area (Å²) < 4.78 is 9.26. The minimum Gasteiger partial charge on any atom is -0.434 e. The molecule has 0 bridgehead atoms. The van der Waals surface area contributed by atoms with Gasteiger partial charge >= 0.3 is 6.16 Å². The van der Waals surface area contributed by atoms with Crippen LogP contribution >= 0.6 is 0 Å². The zero-order valence-electron chi connectivity index (χ0n) is 7.21. The lowest BCUT2D eigenvalue weighted by Gasteiger charge is -2.02. The Labute approximate surface area is 72.1 Å². The van der Waals surface area contributed by atoms with Crippen molar-refractivity contribution in [2.75, 3.05) is 13.2 Å². The Balaban J connectivity index is 3.15. The number of hydrogen-bond donors (Lipinski definition) is 0. The summed E-state index contributed by atoms with van der Waals surface area (Å²) in [7, 11) is 0. The molecule has 0 N–H and O–H groups in total. The average Bonchev–Trinajstić information content (AvgIpc) is 2.09. The smallest absolute Gasteiger partial charge is 0.434 e. The van der Waals surface area contributed by atoms with Gasteiger partial charge in [0.25, 0.3) is 0 Å². The van der Waals surface area contributed by atoms with Crippen LogP contribution in [0.2, 0.25) is 0 Å². The number of hydrogen-bond acceptors (Lipinski definition) is 4. The van der Waals surface area contributed by atoms with Gasteiger partial charge in [-0.1, -0.05) is 6.92 Å². The molecule has 0 aromatic carbocycles. The maximum absolute atomic E-state index is 10.6. The lowest BCUT2D eigenvalue weighted by atomic mass is 10.4. The Morgan fingerprint density at radius 3 is 2.67 bits per heavy atom. The van der Waals surface area contributed by atoms with Crippen molar-refractivity contribution >= 4 is 6.16 Å². The van der Waals surface area contributed by atoms with Gasteiger partial charge < -0.3 is 9.47 Å². The minimum atomic E-state index is -0.644. The number of ether oxygens (including phenoxy) is 2. The molecule has 0 saturated heterocycles. The molecule has 0 rings (SSSR count). The fourth-order valence-electron chi connectivity index (χ4n) is 0.534. The maximum atomic E-state index is 10.6. The molecule has 0 spiro atoms. The summed E-state index contributed by atoms with van der Waals surface area (Å²) in [5, 5.41) is 8.15. The van der Waals surface area contributed by atoms with E-state index in [0.717, 1.165) is 6.42 Å². The number of unbranched alkanes of at least 4 members (excludes halogenated alkanes) is 1. The molecule has 0 heterocycles. The molecule has 0 amide bonds. The molecular formula is C8H13NO3. The second kappa shape index (κ2) is 7.86. The molecule has 0 radical (unpaired) electrons. The fourth-order valence-corrected chi connectivity index (χ4v) is 0.534. The first kappa shape index (κ1) is 10.8. The minimum absolute atomic E-state index is 0.260. The van der Waals surface area contributed by atoms with Gasteiger partial charge in [-0.2, -0.15) is 5.26 Å². The van der Waals surface area contributed by atoms with Crippen LogP contribution in [-0.4, -0.2) is 19.4 Å². The molecule has 4 heteroatoms. The molecule has 0 aliphatic heterocycles. The number of carbonyl (C=O) groups is 1. The molecule has 0 unspecified atom stereocenters. The van der Waals surface area contributed by atoms with Gasteiger partial charge in [0.15, 0.2) is 0 Å². The van der Waals surface area contributed by atoms with Crippen LogP contribution in [0.1, 0.15) is 26.2 Å². The molecule has 0 aromatic heterocycles. The summed E-state index contributed by atoms with van der Waals surface area (Å²) in [6.07, 6.45) is 1.11. The van der Waals surface area contributed by atoms with Crippen molar-refractivity contribution in [1.82, 2.24) is 0 Å². The highest BCUT2D eigenvalue weighted by Gasteiger charge is 2.00. The van der Waals surface area contributed by atoms with Crippen LogP contribution in [0.3, 0.4) is 0 Å². The van der Waals surface area contributed by atoms with E-state index >= 15 is 0 Å². The lowest BCUT2D eigenvalue weighted by Crippen LogP contribution is -2.08. The van der Waals surface area contributed by atoms with E-state index in [4.69, 9.17) is 5.26 Å². The van der Waals surface area contributed by atoms with Crippen LogP contribution < -0.4 is 0 Å². The van der Waals surface area contributed by atoms with Crippen molar-refractivity contribution in [3.05, 3.63) is 0 Å². The predicted octanol–water partition coefficient (Wildman–Crippen LogP) is 1.85. The normalized spacial score (nSPS) is 8.67. The quantitative estimate of drug-likeness (QED) is 0.468. The largest absolute Gasteiger partial charge is 0.508 e. The summed E-state index contributed by atoms with van der Waals surface area (Å²) in [4.78, 5) is 10.6. The van der Waals surface area contributed by atoms with Crippen LogP contribution in [0.5, 0.6) is 0 Å². The standard InChI is InChI=1S/C8H13NO3/c1-2-6-11-8(10)12-7-4-3-5-9/h2-4,6-7H2,1H3. The van der Waals surface area contributed by atoms with E-state index in [0.29, 0.717) is 19.4 Å². The van der Waals surface area contributed by atoms with Crippen LogP contribution in [0, 0.1) is 11.3 Å². The third kappa shape index (κ3) is 6.87. The Bertz CT molecular complexity index is 162. The van der Waals surface area contributed by atoms with E-state index in [9.17, 15) is 4.79 Å². The van der Waals surface area contributed by atoms with E-state index in [1.807, 2.05) is 13.0 Å². The highest BCUT2D eigenvalue weighted by atomic mass is 16.7. The van der Waals surface area contributed by atoms with E-state index in [1.165, 1.54) is 0 Å². The van der Waals surface area contributed by atoms with E-state index in [2.05, 4.69) is 9.47 Å². The van der Waals surface area contributed by atoms with Crippen LogP contribution in [0.15, 0.2) is 0 Å². The molecule has 0 saturated carbocycles. The van der Waals surface area contributed by atoms with Gasteiger partial charge in [-0.15, -0.1) is 0 Å². The number of nitriles is 1. The molecule has 68 valence electrons. The summed E-state index contributed by atoms with van der Waals surface area (Å²) >= 11 is 0. The first-order valence-electron chi connectivity index (χ1n) is 3.97. The Hall–Kier alpha value is -1.24. The van der Waals surface area contributed by atoms with Crippen molar-refractivity contribution in [1.29, 1.82) is 5.26 Å². The maximum Gasteiger partial charge on any atom is 0.508 e. The number of rotatable bonds is 5. The first-order valence-corrected chi connectivity index (χ1v) is 3.97. The Morgan fingerprint density at radius 2 is 2.08 bits per heavy atom. The van der Waals surface area contributed by atoms with Crippen molar-refractivity contribution < 1.29 is 14.3 Å². The predicted molar refractivity (Wildman–Crippen MR) is 42.4 cm³/mol. The lowest BCUT2D eigenvalue weighted by molar-refractivity contribution is 0.0549. The zero-order chi connectivity index (χ0) is 9.23. The molecule has 0 aromatic rings. The molecule has 12 heavy (non-hydrogen) atoms. The van der Waals surface area contributed by atoms with E-state index in [1.54, 1.807) is 0 Å². The summed E-state index contributed by atoms with van der Waals surface area (Å²) in [6, 6.07) is 1.95. The summed E-state index contributed by atoms with van der Waals surface area (Å²) in [6.45, 7) is 2.55. The fraction of sp³-hybridized carbons (Fsp3) is 0.750. The first-order chi connectivity index (χ1) is 5.81. The Kier molecular flexibility index (Phi) is 7.05. The van der Waals surface area contributed by atoms with E-state index < -0.39 is 6.16 Å². The van der Waals surface area contributed by atoms with Gasteiger partial charge in [0.05, 0.1) is 19.3 Å². The highest BCUT2D eigenvalue weighted by molar-refractivity contribution is 5.59. The average molecular weight is 171 g/mol. The monoisotopic (exact) mass is 171 g/mol. The summed E-state index contributed by atoms with van der Waals surface area (Å²) in [5.74, 6) is 0. The number of carbonyl (C=O) groups excluding carboxylic acids is 1. The Morgan fingerprint density at radius 1 is 1.42 bits per heavy atom. The third-order valence-electron chi connectivity index (χ3n) is 1.08. The molecule has 0 fully saturated rings. The molecular weight excluding hydrogens is 158 g/mol. The number of nitrogens with zero attached hydrogens (tertiary/aromatic N) is 1. The third-order valence-corrected chi connectivity index (χ3v) is 1.08. The van der Waals surface area contributed by atoms with Gasteiger partial charge in [-0.25, -0.2) is 4.79 Å². The van der Waals surface area contributed by atoms with Crippen LogP contribution in [-0.2, 0) is 9.47 Å². The van der Waals surface area contributed by atoms with Gasteiger partial charge in [-0.05, 0) is 12.8 Å². The van der Waals surface area contributed by atoms with Gasteiger partial charge in [0.1, 0.15) is 0 Å². The van der Waals surface area contributed by atoms with Gasteiger partial charge in [-0.3, -0.25) is 0 Å². The molecule has 0 atom stereocenters. The zero-order valence-corrected chi connectivity index (χ0v) is 7.21. The SMILES string of the molecule is CCCOC(=O)OCCCC#N. The van der Waals surface area contributed by atoms with Gasteiger partial charge in [0, 0.05) is 6.42 Å². The second-order valence-electron chi connectivity index (χ2n) is 2.21. The molecule has 0 aliphatic carbocycles. The van der Waals surface area contributed by atoms with Crippen LogP contribution in [0.25, 0.3) is 0 Å². The van der Waals surface area contributed by atoms with Crippen molar-refractivity contribution in [3.63, 3.8) is 0 Å². The van der Waals surface area contributed by atoms with Crippen molar-refractivity contribution in [2.45, 2.75) is 26.2 Å². The van der Waals surface area contributed by atoms with Crippen molar-refractivity contribution in [3.8, 4) is 6.07 Å². The molecule has 4 nitrogen and oxygen atoms in total. The van der Waals surface area contributed by atoms with E-state index in [-0.39, 0.29) is 6.61 Å². The van der Waals surface area contributed by atoms with Gasteiger partial charge in [0.2, 0.25) is 0 Å². The highest BCUT2D eigenvalue weighted by Crippen LogP contribution is 1.92. The molecule has 0 aliphatic rings. The second-order valence-corrected chi connectivity index (χ2v) is 2.21. The van der Waals surface area contributed by atoms with Crippen LogP contribution in [0.4, 0.5) is 4.79 Å². The summed E-state index contributed by atoms with van der Waals surface area (Å²) in [5.41, 5.74) is 0. The van der Waals surface area contributed by atoms with Crippen molar-refractivity contribution in [2.24, 2.45) is 0 Å².